The number of benzene rings is 1. The molecule has 0 saturated carbocycles. The summed E-state index contributed by atoms with van der Waals surface area (Å²) < 4.78 is 48.5. The highest BCUT2D eigenvalue weighted by molar-refractivity contribution is 5.85. The van der Waals surface area contributed by atoms with Gasteiger partial charge in [0.15, 0.2) is 5.76 Å². The van der Waals surface area contributed by atoms with Crippen LogP contribution in [0.5, 0.6) is 0 Å². The number of aliphatic hydroxyl groups is 1. The molecule has 0 bridgehead atoms. The van der Waals surface area contributed by atoms with Gasteiger partial charge in [0, 0.05) is 44.4 Å². The molecule has 0 radical (unpaired) electrons. The van der Waals surface area contributed by atoms with E-state index in [0.29, 0.717) is 23.6 Å². The van der Waals surface area contributed by atoms with Crippen molar-refractivity contribution in [3.63, 3.8) is 0 Å². The van der Waals surface area contributed by atoms with Gasteiger partial charge in [-0.1, -0.05) is 17.3 Å². The summed E-state index contributed by atoms with van der Waals surface area (Å²) in [6.07, 6.45) is -4.97. The normalized spacial score (nSPS) is 16.6. The lowest BCUT2D eigenvalue weighted by Crippen LogP contribution is -2.47. The Balaban J connectivity index is 0.00000225. The highest BCUT2D eigenvalue weighted by Gasteiger charge is 2.30. The van der Waals surface area contributed by atoms with Gasteiger partial charge in [0.1, 0.15) is 12.3 Å². The van der Waals surface area contributed by atoms with Crippen LogP contribution in [0, 0.1) is 0 Å². The average Bonchev–Trinajstić information content (AvgIpc) is 3.12. The summed E-state index contributed by atoms with van der Waals surface area (Å²) in [7, 11) is 2.08. The zero-order chi connectivity index (χ0) is 20.1. The molecule has 11 heteroatoms. The van der Waals surface area contributed by atoms with E-state index >= 15 is 0 Å². The first kappa shape index (κ1) is 26.7. The lowest BCUT2D eigenvalue weighted by atomic mass is 10.1. The number of nitrogens with zero attached hydrogens (tertiary/aromatic N) is 3. The summed E-state index contributed by atoms with van der Waals surface area (Å²) in [5, 5.41) is 14.0. The lowest BCUT2D eigenvalue weighted by molar-refractivity contribution is -0.137. The number of aromatic nitrogens is 1. The van der Waals surface area contributed by atoms with Crippen molar-refractivity contribution < 1.29 is 27.5 Å². The van der Waals surface area contributed by atoms with Gasteiger partial charge in [0.2, 0.25) is 0 Å². The molecule has 1 N–H and O–H groups in total. The summed E-state index contributed by atoms with van der Waals surface area (Å²) in [5.74, 6) is 0.446. The molecule has 1 saturated heterocycles. The van der Waals surface area contributed by atoms with E-state index in [-0.39, 0.29) is 38.0 Å². The minimum atomic E-state index is -4.37. The average molecular weight is 472 g/mol. The Bertz CT molecular complexity index is 751. The standard InChI is InChI=1S/C19H24F3N3O3.2ClH/c1-24-6-8-25(9-7-24)11-16(26)12-27-13-17-10-18(23-28-17)14-2-4-15(5-3-14)19(20,21)22;;/h2-5,10,16,26H,6-9,11-13H2,1H3;2*1H. The molecule has 170 valence electrons. The quantitative estimate of drug-likeness (QED) is 0.668. The first-order valence-corrected chi connectivity index (χ1v) is 9.11. The van der Waals surface area contributed by atoms with Crippen molar-refractivity contribution in [1.29, 1.82) is 0 Å². The van der Waals surface area contributed by atoms with Crippen LogP contribution in [-0.4, -0.2) is 72.5 Å². The van der Waals surface area contributed by atoms with Gasteiger partial charge in [-0.2, -0.15) is 13.2 Å². The molecule has 0 amide bonds. The second-order valence-corrected chi connectivity index (χ2v) is 7.03. The van der Waals surface area contributed by atoms with E-state index in [2.05, 4.69) is 22.0 Å². The molecule has 1 atom stereocenters. The van der Waals surface area contributed by atoms with Crippen LogP contribution in [0.15, 0.2) is 34.9 Å². The van der Waals surface area contributed by atoms with E-state index in [9.17, 15) is 18.3 Å². The summed E-state index contributed by atoms with van der Waals surface area (Å²) in [6.45, 7) is 4.67. The van der Waals surface area contributed by atoms with E-state index in [0.717, 1.165) is 38.3 Å². The van der Waals surface area contributed by atoms with Crippen LogP contribution in [0.4, 0.5) is 13.2 Å². The maximum Gasteiger partial charge on any atom is 0.416 e. The number of hydrogen-bond donors (Lipinski definition) is 1. The van der Waals surface area contributed by atoms with Gasteiger partial charge in [0.05, 0.1) is 18.3 Å². The van der Waals surface area contributed by atoms with Crippen LogP contribution in [-0.2, 0) is 17.5 Å². The Morgan fingerprint density at radius 2 is 1.77 bits per heavy atom. The fraction of sp³-hybridized carbons (Fsp3) is 0.526. The van der Waals surface area contributed by atoms with Crippen molar-refractivity contribution in [2.75, 3.05) is 46.4 Å². The molecule has 3 rings (SSSR count). The molecular weight excluding hydrogens is 446 g/mol. The molecular formula is C19H26Cl2F3N3O3. The highest BCUT2D eigenvalue weighted by Crippen LogP contribution is 2.30. The number of hydrogen-bond acceptors (Lipinski definition) is 6. The molecule has 1 unspecified atom stereocenters. The fourth-order valence-corrected chi connectivity index (χ4v) is 3.02. The minimum Gasteiger partial charge on any atom is -0.389 e. The Morgan fingerprint density at radius 3 is 2.37 bits per heavy atom. The monoisotopic (exact) mass is 471 g/mol. The summed E-state index contributed by atoms with van der Waals surface area (Å²) >= 11 is 0. The van der Waals surface area contributed by atoms with E-state index in [1.807, 2.05) is 0 Å². The molecule has 6 nitrogen and oxygen atoms in total. The maximum absolute atomic E-state index is 12.6. The molecule has 1 aliphatic heterocycles. The van der Waals surface area contributed by atoms with E-state index in [1.165, 1.54) is 12.1 Å². The van der Waals surface area contributed by atoms with Crippen molar-refractivity contribution >= 4 is 24.8 Å². The number of rotatable bonds is 7. The summed E-state index contributed by atoms with van der Waals surface area (Å²) in [4.78, 5) is 4.45. The van der Waals surface area contributed by atoms with Gasteiger partial charge >= 0.3 is 6.18 Å². The molecule has 1 aliphatic rings. The van der Waals surface area contributed by atoms with Crippen molar-refractivity contribution in [1.82, 2.24) is 15.0 Å². The van der Waals surface area contributed by atoms with E-state index < -0.39 is 17.8 Å². The number of aliphatic hydroxyl groups excluding tert-OH is 1. The first-order valence-electron chi connectivity index (χ1n) is 9.11. The van der Waals surface area contributed by atoms with Crippen molar-refractivity contribution in [2.45, 2.75) is 18.9 Å². The molecule has 1 aromatic carbocycles. The van der Waals surface area contributed by atoms with Gasteiger partial charge in [-0.25, -0.2) is 0 Å². The lowest BCUT2D eigenvalue weighted by Gasteiger charge is -2.33. The number of piperazine rings is 1. The van der Waals surface area contributed by atoms with Gasteiger partial charge in [0.25, 0.3) is 0 Å². The van der Waals surface area contributed by atoms with E-state index in [4.69, 9.17) is 9.26 Å². The molecule has 0 aliphatic carbocycles. The van der Waals surface area contributed by atoms with Crippen molar-refractivity contribution in [2.24, 2.45) is 0 Å². The maximum atomic E-state index is 12.6. The molecule has 1 fully saturated rings. The molecule has 1 aromatic heterocycles. The minimum absolute atomic E-state index is 0. The van der Waals surface area contributed by atoms with Crippen LogP contribution in [0.25, 0.3) is 11.3 Å². The number of β-amino-alcohol motifs (C(OH)–C–C–N with tert-alkyl or cyclic N) is 1. The number of ether oxygens (including phenoxy) is 1. The predicted molar refractivity (Wildman–Crippen MR) is 111 cm³/mol. The topological polar surface area (TPSA) is 62.0 Å². The van der Waals surface area contributed by atoms with E-state index in [1.54, 1.807) is 6.07 Å². The predicted octanol–water partition coefficient (Wildman–Crippen LogP) is 3.33. The fourth-order valence-electron chi connectivity index (χ4n) is 3.02. The second kappa shape index (κ2) is 11.9. The SMILES string of the molecule is CN1CCN(CC(O)COCc2cc(-c3ccc(C(F)(F)F)cc3)no2)CC1.Cl.Cl. The first-order chi connectivity index (χ1) is 13.3. The number of alkyl halides is 3. The third-order valence-corrected chi connectivity index (χ3v) is 4.69. The van der Waals surface area contributed by atoms with Crippen LogP contribution >= 0.6 is 24.8 Å². The molecule has 0 spiro atoms. The zero-order valence-electron chi connectivity index (χ0n) is 16.5. The third-order valence-electron chi connectivity index (χ3n) is 4.69. The van der Waals surface area contributed by atoms with Crippen LogP contribution in [0.1, 0.15) is 11.3 Å². The van der Waals surface area contributed by atoms with Crippen LogP contribution < -0.4 is 0 Å². The van der Waals surface area contributed by atoms with Gasteiger partial charge in [-0.3, -0.25) is 4.90 Å². The summed E-state index contributed by atoms with van der Waals surface area (Å²) in [5.41, 5.74) is 0.251. The number of halogens is 5. The zero-order valence-corrected chi connectivity index (χ0v) is 18.1. The highest BCUT2D eigenvalue weighted by atomic mass is 35.5. The smallest absolute Gasteiger partial charge is 0.389 e. The Morgan fingerprint density at radius 1 is 1.13 bits per heavy atom. The Kier molecular flexibility index (Phi) is 10.6. The van der Waals surface area contributed by atoms with Crippen LogP contribution in [0.3, 0.4) is 0 Å². The number of likely N-dealkylation sites (N-methyl/N-ethyl adjacent to an activating group) is 1. The summed E-state index contributed by atoms with van der Waals surface area (Å²) in [6, 6.07) is 6.34. The second-order valence-electron chi connectivity index (χ2n) is 7.03. The van der Waals surface area contributed by atoms with Gasteiger partial charge in [-0.05, 0) is 19.2 Å². The molecule has 2 aromatic rings. The molecule has 2 heterocycles. The van der Waals surface area contributed by atoms with Crippen molar-refractivity contribution in [3.05, 3.63) is 41.7 Å². The Hall–Kier alpha value is -1.36. The van der Waals surface area contributed by atoms with Gasteiger partial charge in [-0.15, -0.1) is 24.8 Å². The van der Waals surface area contributed by atoms with Crippen LogP contribution in [0.2, 0.25) is 0 Å². The third kappa shape index (κ3) is 7.72. The molecule has 30 heavy (non-hydrogen) atoms. The van der Waals surface area contributed by atoms with Crippen molar-refractivity contribution in [3.8, 4) is 11.3 Å². The van der Waals surface area contributed by atoms with Gasteiger partial charge < -0.3 is 19.3 Å². The largest absolute Gasteiger partial charge is 0.416 e. The Labute approximate surface area is 185 Å².